The minimum absolute atomic E-state index is 0.328. The molecule has 1 atom stereocenters. The summed E-state index contributed by atoms with van der Waals surface area (Å²) in [5.74, 6) is -0.544. The zero-order chi connectivity index (χ0) is 22.2. The monoisotopic (exact) mass is 427 g/mol. The summed E-state index contributed by atoms with van der Waals surface area (Å²) >= 11 is 0. The number of ether oxygens (including phenoxy) is 2. The van der Waals surface area contributed by atoms with Crippen LogP contribution >= 0.6 is 0 Å². The lowest BCUT2D eigenvalue weighted by atomic mass is 10.2. The second kappa shape index (κ2) is 10.6. The van der Waals surface area contributed by atoms with Gasteiger partial charge in [0.25, 0.3) is 0 Å². The van der Waals surface area contributed by atoms with Crippen molar-refractivity contribution in [2.45, 2.75) is 13.0 Å². The molecule has 31 heavy (non-hydrogen) atoms. The Hall–Kier alpha value is -3.39. The second-order valence-electron chi connectivity index (χ2n) is 7.09. The molecule has 1 heterocycles. The average molecular weight is 427 g/mol. The Bertz CT molecular complexity index is 940. The Morgan fingerprint density at radius 2 is 1.87 bits per heavy atom. The average Bonchev–Trinajstić information content (AvgIpc) is 2.78. The number of hydrogen-bond acceptors (Lipinski definition) is 5. The van der Waals surface area contributed by atoms with Crippen molar-refractivity contribution in [1.29, 1.82) is 0 Å². The first kappa shape index (κ1) is 22.3. The number of methoxy groups -OCH3 is 1. The van der Waals surface area contributed by atoms with Gasteiger partial charge in [0.15, 0.2) is 0 Å². The number of amides is 2. The highest BCUT2D eigenvalue weighted by molar-refractivity contribution is 5.99. The molecule has 0 spiro atoms. The smallest absolute Gasteiger partial charge is 0.246 e. The number of benzene rings is 2. The molecule has 1 saturated heterocycles. The molecular formula is C23H26FN3O4. The van der Waals surface area contributed by atoms with E-state index in [9.17, 15) is 14.0 Å². The van der Waals surface area contributed by atoms with Crippen molar-refractivity contribution in [3.05, 3.63) is 59.9 Å². The summed E-state index contributed by atoms with van der Waals surface area (Å²) in [6, 6.07) is 11.0. The Balaban J connectivity index is 1.52. The van der Waals surface area contributed by atoms with E-state index in [0.717, 1.165) is 11.3 Å². The molecule has 3 rings (SSSR count). The number of carbonyl (C=O) groups excluding carboxylic acids is 2. The highest BCUT2D eigenvalue weighted by Crippen LogP contribution is 2.23. The second-order valence-corrected chi connectivity index (χ2v) is 7.09. The Labute approximate surface area is 180 Å². The first-order chi connectivity index (χ1) is 15.0. The fourth-order valence-corrected chi connectivity index (χ4v) is 3.11. The van der Waals surface area contributed by atoms with E-state index in [4.69, 9.17) is 9.47 Å². The molecule has 0 aromatic heterocycles. The van der Waals surface area contributed by atoms with Crippen LogP contribution in [0, 0.1) is 5.82 Å². The van der Waals surface area contributed by atoms with Crippen molar-refractivity contribution in [2.75, 3.05) is 43.6 Å². The third kappa shape index (κ3) is 6.29. The number of anilines is 2. The van der Waals surface area contributed by atoms with Crippen molar-refractivity contribution >= 4 is 29.3 Å². The van der Waals surface area contributed by atoms with Gasteiger partial charge in [-0.15, -0.1) is 0 Å². The SMILES string of the molecule is COc1ccc(/C=C/C(=O)NC(C)C(=O)Nc2ccc(N3CCOCC3)c(F)c2)cc1. The van der Waals surface area contributed by atoms with Crippen LogP contribution in [0.4, 0.5) is 15.8 Å². The lowest BCUT2D eigenvalue weighted by Crippen LogP contribution is -2.41. The van der Waals surface area contributed by atoms with Crippen LogP contribution in [-0.2, 0) is 14.3 Å². The number of hydrogen-bond donors (Lipinski definition) is 2. The Kier molecular flexibility index (Phi) is 7.61. The lowest BCUT2D eigenvalue weighted by molar-refractivity contribution is -0.123. The van der Waals surface area contributed by atoms with Crippen LogP contribution in [0.3, 0.4) is 0 Å². The van der Waals surface area contributed by atoms with Crippen LogP contribution in [0.25, 0.3) is 6.08 Å². The van der Waals surface area contributed by atoms with Gasteiger partial charge in [0.1, 0.15) is 17.6 Å². The van der Waals surface area contributed by atoms with Gasteiger partial charge in [-0.25, -0.2) is 4.39 Å². The maximum atomic E-state index is 14.5. The van der Waals surface area contributed by atoms with E-state index >= 15 is 0 Å². The quantitative estimate of drug-likeness (QED) is 0.665. The van der Waals surface area contributed by atoms with E-state index in [1.54, 1.807) is 44.4 Å². The molecule has 0 aliphatic carbocycles. The van der Waals surface area contributed by atoms with Gasteiger partial charge < -0.3 is 25.0 Å². The third-order valence-electron chi connectivity index (χ3n) is 4.86. The summed E-state index contributed by atoms with van der Waals surface area (Å²) in [6.07, 6.45) is 2.99. The zero-order valence-corrected chi connectivity index (χ0v) is 17.6. The molecule has 164 valence electrons. The van der Waals surface area contributed by atoms with Gasteiger partial charge in [0, 0.05) is 24.9 Å². The molecule has 2 aromatic carbocycles. The fourth-order valence-electron chi connectivity index (χ4n) is 3.11. The van der Waals surface area contributed by atoms with Crippen LogP contribution < -0.4 is 20.3 Å². The third-order valence-corrected chi connectivity index (χ3v) is 4.86. The Morgan fingerprint density at radius 1 is 1.16 bits per heavy atom. The van der Waals surface area contributed by atoms with E-state index < -0.39 is 23.7 Å². The summed E-state index contributed by atoms with van der Waals surface area (Å²) in [7, 11) is 1.58. The van der Waals surface area contributed by atoms with E-state index in [0.29, 0.717) is 37.7 Å². The summed E-state index contributed by atoms with van der Waals surface area (Å²) in [5.41, 5.74) is 1.63. The van der Waals surface area contributed by atoms with Gasteiger partial charge in [-0.1, -0.05) is 12.1 Å². The fraction of sp³-hybridized carbons (Fsp3) is 0.304. The number of halogens is 1. The molecule has 2 amide bonds. The molecule has 0 radical (unpaired) electrons. The molecule has 2 aromatic rings. The van der Waals surface area contributed by atoms with Gasteiger partial charge in [0.2, 0.25) is 11.8 Å². The topological polar surface area (TPSA) is 79.9 Å². The standard InChI is InChI=1S/C23H26FN3O4/c1-16(25-22(28)10-5-17-3-7-19(30-2)8-4-17)23(29)26-18-6-9-21(20(24)15-18)27-11-13-31-14-12-27/h3-10,15-16H,11-14H2,1-2H3,(H,25,28)(H,26,29)/b10-5+. The lowest BCUT2D eigenvalue weighted by Gasteiger charge is -2.29. The summed E-state index contributed by atoms with van der Waals surface area (Å²) < 4.78 is 24.9. The van der Waals surface area contributed by atoms with Crippen molar-refractivity contribution in [1.82, 2.24) is 5.32 Å². The van der Waals surface area contributed by atoms with Gasteiger partial charge in [-0.05, 0) is 48.9 Å². The number of carbonyl (C=O) groups is 2. The molecule has 1 aliphatic heterocycles. The summed E-state index contributed by atoms with van der Waals surface area (Å²) in [6.45, 7) is 3.92. The first-order valence-corrected chi connectivity index (χ1v) is 10.0. The van der Waals surface area contributed by atoms with E-state index in [1.807, 2.05) is 17.0 Å². The number of nitrogens with zero attached hydrogens (tertiary/aromatic N) is 1. The molecule has 2 N–H and O–H groups in total. The van der Waals surface area contributed by atoms with Crippen LogP contribution in [0.15, 0.2) is 48.5 Å². The molecule has 0 saturated carbocycles. The predicted molar refractivity (Wildman–Crippen MR) is 118 cm³/mol. The van der Waals surface area contributed by atoms with Crippen LogP contribution in [0.2, 0.25) is 0 Å². The molecule has 1 aliphatic rings. The van der Waals surface area contributed by atoms with Gasteiger partial charge in [-0.3, -0.25) is 9.59 Å². The molecule has 1 unspecified atom stereocenters. The van der Waals surface area contributed by atoms with E-state index in [2.05, 4.69) is 10.6 Å². The zero-order valence-electron chi connectivity index (χ0n) is 17.6. The van der Waals surface area contributed by atoms with Crippen molar-refractivity contribution in [3.63, 3.8) is 0 Å². The summed E-state index contributed by atoms with van der Waals surface area (Å²) in [5, 5.41) is 5.22. The molecule has 1 fully saturated rings. The normalized spacial score (nSPS) is 14.9. The van der Waals surface area contributed by atoms with Crippen LogP contribution in [-0.4, -0.2) is 51.3 Å². The van der Waals surface area contributed by atoms with Crippen molar-refractivity contribution < 1.29 is 23.5 Å². The molecule has 8 heteroatoms. The van der Waals surface area contributed by atoms with Crippen LogP contribution in [0.1, 0.15) is 12.5 Å². The first-order valence-electron chi connectivity index (χ1n) is 10.0. The molecule has 0 bridgehead atoms. The van der Waals surface area contributed by atoms with Gasteiger partial charge in [0.05, 0.1) is 26.0 Å². The minimum atomic E-state index is -0.796. The summed E-state index contributed by atoms with van der Waals surface area (Å²) in [4.78, 5) is 26.4. The minimum Gasteiger partial charge on any atom is -0.497 e. The van der Waals surface area contributed by atoms with Gasteiger partial charge >= 0.3 is 0 Å². The molecule has 7 nitrogen and oxygen atoms in total. The van der Waals surface area contributed by atoms with E-state index in [-0.39, 0.29) is 0 Å². The van der Waals surface area contributed by atoms with Crippen molar-refractivity contribution in [2.24, 2.45) is 0 Å². The van der Waals surface area contributed by atoms with Gasteiger partial charge in [-0.2, -0.15) is 0 Å². The highest BCUT2D eigenvalue weighted by atomic mass is 19.1. The maximum absolute atomic E-state index is 14.5. The number of nitrogens with one attached hydrogen (secondary N) is 2. The maximum Gasteiger partial charge on any atom is 0.246 e. The predicted octanol–water partition coefficient (Wildman–Crippen LogP) is 2.83. The number of morpholine rings is 1. The Morgan fingerprint density at radius 3 is 2.52 bits per heavy atom. The highest BCUT2D eigenvalue weighted by Gasteiger charge is 2.18. The molecular weight excluding hydrogens is 401 g/mol. The van der Waals surface area contributed by atoms with Crippen molar-refractivity contribution in [3.8, 4) is 5.75 Å². The number of rotatable bonds is 7. The largest absolute Gasteiger partial charge is 0.497 e. The van der Waals surface area contributed by atoms with E-state index in [1.165, 1.54) is 12.1 Å². The van der Waals surface area contributed by atoms with Crippen LogP contribution in [0.5, 0.6) is 5.75 Å².